The van der Waals surface area contributed by atoms with Crippen LogP contribution < -0.4 is 5.73 Å². The van der Waals surface area contributed by atoms with Gasteiger partial charge in [-0.3, -0.25) is 4.57 Å². The summed E-state index contributed by atoms with van der Waals surface area (Å²) in [5.74, 6) is 0. The molecule has 0 aromatic rings. The summed E-state index contributed by atoms with van der Waals surface area (Å²) in [6.07, 6.45) is 0.967. The molecular weight excluding hydrogens is 137 g/mol. The molecule has 9 heavy (non-hydrogen) atoms. The molecule has 0 rings (SSSR count). The van der Waals surface area contributed by atoms with Crippen molar-refractivity contribution in [3.63, 3.8) is 0 Å². The highest BCUT2D eigenvalue weighted by molar-refractivity contribution is 7.57. The summed E-state index contributed by atoms with van der Waals surface area (Å²) in [5.41, 5.74) is 5.37. The van der Waals surface area contributed by atoms with E-state index in [1.807, 2.05) is 6.92 Å². The second kappa shape index (κ2) is 3.35. The number of rotatable bonds is 3. The van der Waals surface area contributed by atoms with Gasteiger partial charge in [0, 0.05) is 18.9 Å². The molecule has 0 aromatic carbocycles. The Bertz CT molecular complexity index is 118. The Hall–Kier alpha value is 0.150. The molecule has 2 unspecified atom stereocenters. The normalized spacial score (nSPS) is 20.9. The van der Waals surface area contributed by atoms with Crippen molar-refractivity contribution < 1.29 is 9.46 Å². The number of nitrogens with two attached hydrogens (primary N) is 1. The summed E-state index contributed by atoms with van der Waals surface area (Å²) in [7, 11) is -2.80. The average Bonchev–Trinajstić information content (AvgIpc) is 1.59. The van der Waals surface area contributed by atoms with Gasteiger partial charge in [-0.05, 0) is 13.3 Å². The SMILES string of the molecule is CC(N)CCP(C)(=O)O. The lowest BCUT2D eigenvalue weighted by Gasteiger charge is -2.06. The highest BCUT2D eigenvalue weighted by Crippen LogP contribution is 2.35. The summed E-state index contributed by atoms with van der Waals surface area (Å²) in [5, 5.41) is 0. The zero-order valence-electron chi connectivity index (χ0n) is 5.87. The predicted octanol–water partition coefficient (Wildman–Crippen LogP) is 0.624. The minimum atomic E-state index is -2.80. The third-order valence-corrected chi connectivity index (χ3v) is 2.09. The fourth-order valence-electron chi connectivity index (χ4n) is 0.443. The van der Waals surface area contributed by atoms with Crippen LogP contribution >= 0.6 is 7.37 Å². The van der Waals surface area contributed by atoms with Gasteiger partial charge >= 0.3 is 0 Å². The molecule has 0 saturated carbocycles. The summed E-state index contributed by atoms with van der Waals surface area (Å²) < 4.78 is 10.6. The molecule has 0 spiro atoms. The van der Waals surface area contributed by atoms with Gasteiger partial charge in [-0.1, -0.05) is 0 Å². The molecule has 2 atom stereocenters. The Morgan fingerprint density at radius 3 is 2.33 bits per heavy atom. The van der Waals surface area contributed by atoms with Crippen LogP contribution in [-0.2, 0) is 4.57 Å². The minimum Gasteiger partial charge on any atom is -0.344 e. The quantitative estimate of drug-likeness (QED) is 0.581. The lowest BCUT2D eigenvalue weighted by Crippen LogP contribution is -2.16. The highest BCUT2D eigenvalue weighted by atomic mass is 31.2. The van der Waals surface area contributed by atoms with Crippen LogP contribution in [0.3, 0.4) is 0 Å². The molecule has 4 heteroatoms. The van der Waals surface area contributed by atoms with E-state index in [1.54, 1.807) is 0 Å². The van der Waals surface area contributed by atoms with Gasteiger partial charge in [-0.25, -0.2) is 0 Å². The van der Waals surface area contributed by atoms with Crippen LogP contribution in [0.4, 0.5) is 0 Å². The second-order valence-corrected chi connectivity index (χ2v) is 5.09. The minimum absolute atomic E-state index is 0.0328. The van der Waals surface area contributed by atoms with Gasteiger partial charge in [0.05, 0.1) is 0 Å². The summed E-state index contributed by atoms with van der Waals surface area (Å²) in [6, 6.07) is 0.0328. The zero-order chi connectivity index (χ0) is 7.49. The van der Waals surface area contributed by atoms with Crippen molar-refractivity contribution in [2.45, 2.75) is 19.4 Å². The highest BCUT2D eigenvalue weighted by Gasteiger charge is 2.09. The van der Waals surface area contributed by atoms with Gasteiger partial charge in [-0.15, -0.1) is 0 Å². The van der Waals surface area contributed by atoms with Crippen LogP contribution in [-0.4, -0.2) is 23.8 Å². The molecule has 0 amide bonds. The first-order valence-corrected chi connectivity index (χ1v) is 5.26. The van der Waals surface area contributed by atoms with Crippen molar-refractivity contribution in [2.75, 3.05) is 12.8 Å². The fraction of sp³-hybridized carbons (Fsp3) is 1.00. The molecule has 0 heterocycles. The van der Waals surface area contributed by atoms with Gasteiger partial charge in [0.25, 0.3) is 0 Å². The maximum Gasteiger partial charge on any atom is 0.197 e. The van der Waals surface area contributed by atoms with Gasteiger partial charge in [-0.2, -0.15) is 0 Å². The molecular formula is C5H14NO2P. The molecule has 0 aromatic heterocycles. The average molecular weight is 151 g/mol. The molecule has 56 valence electrons. The van der Waals surface area contributed by atoms with E-state index in [0.717, 1.165) is 0 Å². The van der Waals surface area contributed by atoms with E-state index in [-0.39, 0.29) is 6.04 Å². The summed E-state index contributed by atoms with van der Waals surface area (Å²) in [6.45, 7) is 3.19. The van der Waals surface area contributed by atoms with E-state index in [4.69, 9.17) is 10.6 Å². The Morgan fingerprint density at radius 2 is 2.22 bits per heavy atom. The smallest absolute Gasteiger partial charge is 0.197 e. The number of hydrogen-bond donors (Lipinski definition) is 2. The van der Waals surface area contributed by atoms with E-state index in [9.17, 15) is 4.57 Å². The van der Waals surface area contributed by atoms with Gasteiger partial charge < -0.3 is 10.6 Å². The third-order valence-electron chi connectivity index (χ3n) is 0.999. The van der Waals surface area contributed by atoms with Crippen LogP contribution in [0, 0.1) is 0 Å². The van der Waals surface area contributed by atoms with Gasteiger partial charge in [0.2, 0.25) is 0 Å². The molecule has 0 aliphatic carbocycles. The van der Waals surface area contributed by atoms with E-state index in [1.165, 1.54) is 6.66 Å². The van der Waals surface area contributed by atoms with Crippen LogP contribution in [0.15, 0.2) is 0 Å². The van der Waals surface area contributed by atoms with Gasteiger partial charge in [0.1, 0.15) is 0 Å². The molecule has 3 nitrogen and oxygen atoms in total. The molecule has 0 bridgehead atoms. The Morgan fingerprint density at radius 1 is 1.78 bits per heavy atom. The van der Waals surface area contributed by atoms with Crippen LogP contribution in [0.25, 0.3) is 0 Å². The summed E-state index contributed by atoms with van der Waals surface area (Å²) in [4.78, 5) is 8.77. The molecule has 0 radical (unpaired) electrons. The van der Waals surface area contributed by atoms with E-state index >= 15 is 0 Å². The molecule has 3 N–H and O–H groups in total. The standard InChI is InChI=1S/C5H14NO2P/c1-5(6)3-4-9(2,7)8/h5H,3-4,6H2,1-2H3,(H,7,8). The van der Waals surface area contributed by atoms with Crippen molar-refractivity contribution in [1.29, 1.82) is 0 Å². The third kappa shape index (κ3) is 8.15. The lowest BCUT2D eigenvalue weighted by molar-refractivity contribution is 0.480. The first-order chi connectivity index (χ1) is 3.92. The molecule has 0 saturated heterocycles. The monoisotopic (exact) mass is 151 g/mol. The number of hydrogen-bond acceptors (Lipinski definition) is 2. The predicted molar refractivity (Wildman–Crippen MR) is 38.9 cm³/mol. The first kappa shape index (κ1) is 9.15. The topological polar surface area (TPSA) is 63.3 Å². The van der Waals surface area contributed by atoms with Crippen molar-refractivity contribution in [3.05, 3.63) is 0 Å². The molecule has 0 aliphatic rings. The van der Waals surface area contributed by atoms with Gasteiger partial charge in [0.15, 0.2) is 7.37 Å². The van der Waals surface area contributed by atoms with Crippen LogP contribution in [0.1, 0.15) is 13.3 Å². The second-order valence-electron chi connectivity index (χ2n) is 2.54. The van der Waals surface area contributed by atoms with Crippen LogP contribution in [0.2, 0.25) is 0 Å². The van der Waals surface area contributed by atoms with E-state index in [0.29, 0.717) is 12.6 Å². The molecule has 0 aliphatic heterocycles. The van der Waals surface area contributed by atoms with Crippen molar-refractivity contribution in [2.24, 2.45) is 5.73 Å². The largest absolute Gasteiger partial charge is 0.344 e. The maximum absolute atomic E-state index is 10.6. The fourth-order valence-corrected chi connectivity index (χ4v) is 1.33. The maximum atomic E-state index is 10.6. The Balaban J connectivity index is 3.40. The lowest BCUT2D eigenvalue weighted by atomic mass is 10.3. The van der Waals surface area contributed by atoms with Crippen LogP contribution in [0.5, 0.6) is 0 Å². The Kier molecular flexibility index (Phi) is 3.41. The van der Waals surface area contributed by atoms with Crippen molar-refractivity contribution in [3.8, 4) is 0 Å². The molecule has 0 fully saturated rings. The first-order valence-electron chi connectivity index (χ1n) is 2.96. The van der Waals surface area contributed by atoms with Crippen molar-refractivity contribution >= 4 is 7.37 Å². The summed E-state index contributed by atoms with van der Waals surface area (Å²) >= 11 is 0. The van der Waals surface area contributed by atoms with E-state index < -0.39 is 7.37 Å². The Labute approximate surface area is 55.7 Å². The van der Waals surface area contributed by atoms with Crippen molar-refractivity contribution in [1.82, 2.24) is 0 Å². The zero-order valence-corrected chi connectivity index (χ0v) is 6.77. The van der Waals surface area contributed by atoms with E-state index in [2.05, 4.69) is 0 Å².